The van der Waals surface area contributed by atoms with Crippen molar-refractivity contribution in [3.63, 3.8) is 0 Å². The van der Waals surface area contributed by atoms with E-state index in [0.29, 0.717) is 17.6 Å². The van der Waals surface area contributed by atoms with Gasteiger partial charge in [-0.3, -0.25) is 9.48 Å². The summed E-state index contributed by atoms with van der Waals surface area (Å²) >= 11 is 0. The zero-order valence-corrected chi connectivity index (χ0v) is 11.0. The van der Waals surface area contributed by atoms with Gasteiger partial charge in [0, 0.05) is 19.2 Å². The molecular weight excluding hydrogens is 212 g/mol. The van der Waals surface area contributed by atoms with Crippen LogP contribution in [-0.4, -0.2) is 15.6 Å². The summed E-state index contributed by atoms with van der Waals surface area (Å²) in [5.41, 5.74) is 0.782. The van der Waals surface area contributed by atoms with E-state index in [4.69, 9.17) is 0 Å². The van der Waals surface area contributed by atoms with Crippen LogP contribution in [0.25, 0.3) is 0 Å². The van der Waals surface area contributed by atoms with Crippen LogP contribution in [0, 0.1) is 17.8 Å². The van der Waals surface area contributed by atoms with Crippen molar-refractivity contribution >= 4 is 5.78 Å². The fourth-order valence-corrected chi connectivity index (χ4v) is 3.05. The van der Waals surface area contributed by atoms with Crippen molar-refractivity contribution in [2.24, 2.45) is 24.8 Å². The SMILES string of the molecule is CC(C)[C@@H]1CCCCC1C(=O)c1cnn(C)c1. The van der Waals surface area contributed by atoms with Gasteiger partial charge in [-0.15, -0.1) is 0 Å². The Morgan fingerprint density at radius 2 is 2.12 bits per heavy atom. The Labute approximate surface area is 103 Å². The molecule has 2 rings (SSSR count). The highest BCUT2D eigenvalue weighted by atomic mass is 16.1. The van der Waals surface area contributed by atoms with Crippen LogP contribution in [0.1, 0.15) is 49.9 Å². The number of Topliss-reactive ketones (excluding diaryl/α,β-unsaturated/α-hetero) is 1. The van der Waals surface area contributed by atoms with Crippen molar-refractivity contribution in [1.29, 1.82) is 0 Å². The maximum Gasteiger partial charge on any atom is 0.169 e. The third-order valence-corrected chi connectivity index (χ3v) is 4.00. The first kappa shape index (κ1) is 12.3. The Kier molecular flexibility index (Phi) is 3.65. The molecule has 1 aromatic rings. The molecule has 1 fully saturated rings. The first-order chi connectivity index (χ1) is 8.09. The summed E-state index contributed by atoms with van der Waals surface area (Å²) in [5.74, 6) is 1.67. The lowest BCUT2D eigenvalue weighted by atomic mass is 9.71. The monoisotopic (exact) mass is 234 g/mol. The third kappa shape index (κ3) is 2.59. The minimum absolute atomic E-state index is 0.216. The first-order valence-electron chi connectivity index (χ1n) is 6.62. The molecule has 94 valence electrons. The fourth-order valence-electron chi connectivity index (χ4n) is 3.05. The Balaban J connectivity index is 2.16. The van der Waals surface area contributed by atoms with Crippen LogP contribution in [0.2, 0.25) is 0 Å². The molecule has 0 aromatic carbocycles. The number of hydrogen-bond acceptors (Lipinski definition) is 2. The van der Waals surface area contributed by atoms with E-state index in [0.717, 1.165) is 12.0 Å². The summed E-state index contributed by atoms with van der Waals surface area (Å²) in [5, 5.41) is 4.10. The van der Waals surface area contributed by atoms with E-state index in [-0.39, 0.29) is 5.92 Å². The van der Waals surface area contributed by atoms with Gasteiger partial charge in [0.1, 0.15) is 0 Å². The van der Waals surface area contributed by atoms with Gasteiger partial charge in [-0.05, 0) is 24.7 Å². The maximum atomic E-state index is 12.5. The van der Waals surface area contributed by atoms with Gasteiger partial charge in [-0.1, -0.05) is 26.7 Å². The molecule has 17 heavy (non-hydrogen) atoms. The molecule has 0 saturated heterocycles. The number of carbonyl (C=O) groups is 1. The van der Waals surface area contributed by atoms with E-state index in [1.807, 2.05) is 13.2 Å². The van der Waals surface area contributed by atoms with Crippen molar-refractivity contribution in [1.82, 2.24) is 9.78 Å². The molecule has 0 spiro atoms. The van der Waals surface area contributed by atoms with Gasteiger partial charge in [0.25, 0.3) is 0 Å². The predicted molar refractivity (Wildman–Crippen MR) is 67.8 cm³/mol. The Morgan fingerprint density at radius 1 is 1.41 bits per heavy atom. The number of ketones is 1. The maximum absolute atomic E-state index is 12.5. The summed E-state index contributed by atoms with van der Waals surface area (Å²) in [6.07, 6.45) is 8.27. The second kappa shape index (κ2) is 5.03. The molecule has 1 heterocycles. The van der Waals surface area contributed by atoms with Gasteiger partial charge in [0.2, 0.25) is 0 Å². The smallest absolute Gasteiger partial charge is 0.169 e. The van der Waals surface area contributed by atoms with Gasteiger partial charge in [-0.2, -0.15) is 5.10 Å². The van der Waals surface area contributed by atoms with Crippen LogP contribution in [0.15, 0.2) is 12.4 Å². The lowest BCUT2D eigenvalue weighted by Crippen LogP contribution is -2.30. The van der Waals surface area contributed by atoms with Crippen molar-refractivity contribution < 1.29 is 4.79 Å². The fraction of sp³-hybridized carbons (Fsp3) is 0.714. The van der Waals surface area contributed by atoms with Crippen LogP contribution >= 0.6 is 0 Å². The van der Waals surface area contributed by atoms with Crippen LogP contribution < -0.4 is 0 Å². The molecule has 1 saturated carbocycles. The molecular formula is C14H22N2O. The molecule has 0 radical (unpaired) electrons. The van der Waals surface area contributed by atoms with Crippen LogP contribution in [0.3, 0.4) is 0 Å². The zero-order valence-electron chi connectivity index (χ0n) is 11.0. The van der Waals surface area contributed by atoms with Crippen molar-refractivity contribution in [2.75, 3.05) is 0 Å². The summed E-state index contributed by atoms with van der Waals surface area (Å²) in [6, 6.07) is 0. The summed E-state index contributed by atoms with van der Waals surface area (Å²) < 4.78 is 1.71. The van der Waals surface area contributed by atoms with Gasteiger partial charge in [0.15, 0.2) is 5.78 Å². The number of aryl methyl sites for hydroxylation is 1. The first-order valence-corrected chi connectivity index (χ1v) is 6.62. The van der Waals surface area contributed by atoms with E-state index in [1.165, 1.54) is 19.3 Å². The van der Waals surface area contributed by atoms with Gasteiger partial charge in [-0.25, -0.2) is 0 Å². The minimum atomic E-state index is 0.216. The number of carbonyl (C=O) groups excluding carboxylic acids is 1. The molecule has 1 aliphatic carbocycles. The largest absolute Gasteiger partial charge is 0.294 e. The Hall–Kier alpha value is -1.12. The Morgan fingerprint density at radius 3 is 2.71 bits per heavy atom. The molecule has 0 bridgehead atoms. The molecule has 3 nitrogen and oxygen atoms in total. The summed E-state index contributed by atoms with van der Waals surface area (Å²) in [6.45, 7) is 4.47. The minimum Gasteiger partial charge on any atom is -0.294 e. The second-order valence-electron chi connectivity index (χ2n) is 5.57. The lowest BCUT2D eigenvalue weighted by Gasteiger charge is -2.33. The van der Waals surface area contributed by atoms with Gasteiger partial charge < -0.3 is 0 Å². The quantitative estimate of drug-likeness (QED) is 0.753. The van der Waals surface area contributed by atoms with Crippen molar-refractivity contribution in [3.05, 3.63) is 18.0 Å². The van der Waals surface area contributed by atoms with E-state index in [9.17, 15) is 4.79 Å². The topological polar surface area (TPSA) is 34.9 Å². The van der Waals surface area contributed by atoms with Gasteiger partial charge >= 0.3 is 0 Å². The average Bonchev–Trinajstić information content (AvgIpc) is 2.75. The van der Waals surface area contributed by atoms with Crippen LogP contribution in [-0.2, 0) is 7.05 Å². The molecule has 1 aliphatic rings. The average molecular weight is 234 g/mol. The lowest BCUT2D eigenvalue weighted by molar-refractivity contribution is 0.0776. The molecule has 3 heteroatoms. The number of nitrogens with zero attached hydrogens (tertiary/aromatic N) is 2. The molecule has 0 amide bonds. The normalized spacial score (nSPS) is 25.2. The standard InChI is InChI=1S/C14H22N2O/c1-10(2)12-6-4-5-7-13(12)14(17)11-8-15-16(3)9-11/h8-10,12-13H,4-7H2,1-3H3/t12-,13?/m0/s1. The summed E-state index contributed by atoms with van der Waals surface area (Å²) in [7, 11) is 1.86. The predicted octanol–water partition coefficient (Wildman–Crippen LogP) is 3.07. The number of hydrogen-bond donors (Lipinski definition) is 0. The highest BCUT2D eigenvalue weighted by Gasteiger charge is 2.33. The van der Waals surface area contributed by atoms with Crippen LogP contribution in [0.4, 0.5) is 0 Å². The number of aromatic nitrogens is 2. The van der Waals surface area contributed by atoms with E-state index in [2.05, 4.69) is 18.9 Å². The van der Waals surface area contributed by atoms with Crippen molar-refractivity contribution in [3.8, 4) is 0 Å². The van der Waals surface area contributed by atoms with E-state index >= 15 is 0 Å². The highest BCUT2D eigenvalue weighted by Crippen LogP contribution is 2.36. The highest BCUT2D eigenvalue weighted by molar-refractivity contribution is 5.97. The summed E-state index contributed by atoms with van der Waals surface area (Å²) in [4.78, 5) is 12.5. The van der Waals surface area contributed by atoms with E-state index in [1.54, 1.807) is 10.9 Å². The van der Waals surface area contributed by atoms with Crippen LogP contribution in [0.5, 0.6) is 0 Å². The van der Waals surface area contributed by atoms with Crippen molar-refractivity contribution in [2.45, 2.75) is 39.5 Å². The molecule has 0 aliphatic heterocycles. The molecule has 1 aromatic heterocycles. The zero-order chi connectivity index (χ0) is 12.4. The Bertz CT molecular complexity index is 395. The second-order valence-corrected chi connectivity index (χ2v) is 5.57. The molecule has 1 unspecified atom stereocenters. The molecule has 2 atom stereocenters. The van der Waals surface area contributed by atoms with E-state index < -0.39 is 0 Å². The van der Waals surface area contributed by atoms with Gasteiger partial charge in [0.05, 0.1) is 11.8 Å². The third-order valence-electron chi connectivity index (χ3n) is 4.00. The number of rotatable bonds is 3. The molecule has 0 N–H and O–H groups in total.